The van der Waals surface area contributed by atoms with E-state index in [0.29, 0.717) is 12.3 Å². The summed E-state index contributed by atoms with van der Waals surface area (Å²) in [6.45, 7) is 0.588. The Labute approximate surface area is 149 Å². The number of rotatable bonds is 7. The number of para-hydroxylation sites is 1. The number of benzene rings is 2. The van der Waals surface area contributed by atoms with E-state index in [0.717, 1.165) is 26.2 Å². The molecule has 0 aromatic heterocycles. The van der Waals surface area contributed by atoms with Crippen LogP contribution in [-0.4, -0.2) is 27.5 Å². The summed E-state index contributed by atoms with van der Waals surface area (Å²) >= 11 is 2.21. The van der Waals surface area contributed by atoms with Crippen LogP contribution in [0, 0.1) is 3.57 Å². The Morgan fingerprint density at radius 1 is 1.04 bits per heavy atom. The van der Waals surface area contributed by atoms with Crippen LogP contribution in [-0.2, 0) is 6.54 Å². The Hall–Kier alpha value is -1.96. The molecule has 0 heterocycles. The standard InChI is InChI=1S/C17H19IN2O3/c1-21-15-7-5-4-6-13(15)11-20-19-10-12-8-14(18)17(23-3)16(9-12)22-2/h4-10,20H,11H2,1-3H3/b19-10+. The lowest BCUT2D eigenvalue weighted by atomic mass is 10.2. The van der Waals surface area contributed by atoms with Crippen molar-refractivity contribution in [1.82, 2.24) is 5.43 Å². The smallest absolute Gasteiger partial charge is 0.174 e. The number of halogens is 1. The molecule has 0 amide bonds. The zero-order chi connectivity index (χ0) is 16.7. The highest BCUT2D eigenvalue weighted by Gasteiger charge is 2.09. The second-order valence-electron chi connectivity index (χ2n) is 4.64. The van der Waals surface area contributed by atoms with Crippen LogP contribution < -0.4 is 19.6 Å². The van der Waals surface area contributed by atoms with Gasteiger partial charge in [-0.3, -0.25) is 0 Å². The van der Waals surface area contributed by atoms with Crippen molar-refractivity contribution in [3.8, 4) is 17.2 Å². The lowest BCUT2D eigenvalue weighted by Gasteiger charge is -2.10. The molecule has 5 nitrogen and oxygen atoms in total. The lowest BCUT2D eigenvalue weighted by Crippen LogP contribution is -2.07. The molecule has 0 aliphatic rings. The number of hydrogen-bond donors (Lipinski definition) is 1. The summed E-state index contributed by atoms with van der Waals surface area (Å²) in [5, 5.41) is 4.25. The third kappa shape index (κ3) is 4.51. The molecule has 23 heavy (non-hydrogen) atoms. The molecule has 0 aliphatic heterocycles. The van der Waals surface area contributed by atoms with Crippen LogP contribution in [0.25, 0.3) is 0 Å². The van der Waals surface area contributed by atoms with Crippen LogP contribution in [0.15, 0.2) is 41.5 Å². The first-order chi connectivity index (χ1) is 11.2. The van der Waals surface area contributed by atoms with Crippen LogP contribution in [0.2, 0.25) is 0 Å². The molecule has 0 saturated heterocycles. The highest BCUT2D eigenvalue weighted by molar-refractivity contribution is 14.1. The third-order valence-corrected chi connectivity index (χ3v) is 4.02. The zero-order valence-corrected chi connectivity index (χ0v) is 15.5. The summed E-state index contributed by atoms with van der Waals surface area (Å²) in [6, 6.07) is 11.7. The maximum atomic E-state index is 5.34. The molecular weight excluding hydrogens is 407 g/mol. The van der Waals surface area contributed by atoms with E-state index in [1.54, 1.807) is 27.5 Å². The fraction of sp³-hybridized carbons (Fsp3) is 0.235. The van der Waals surface area contributed by atoms with E-state index in [1.807, 2.05) is 36.4 Å². The van der Waals surface area contributed by atoms with E-state index in [1.165, 1.54) is 0 Å². The SMILES string of the molecule is COc1ccccc1CN/N=C/c1cc(I)c(OC)c(OC)c1. The van der Waals surface area contributed by atoms with Crippen molar-refractivity contribution in [3.05, 3.63) is 51.1 Å². The second-order valence-corrected chi connectivity index (χ2v) is 5.81. The highest BCUT2D eigenvalue weighted by Crippen LogP contribution is 2.33. The van der Waals surface area contributed by atoms with E-state index in [9.17, 15) is 0 Å². The second kappa shape index (κ2) is 8.61. The van der Waals surface area contributed by atoms with E-state index >= 15 is 0 Å². The van der Waals surface area contributed by atoms with Gasteiger partial charge in [0.25, 0.3) is 0 Å². The molecular formula is C17H19IN2O3. The maximum absolute atomic E-state index is 5.34. The van der Waals surface area contributed by atoms with E-state index in [2.05, 4.69) is 33.1 Å². The van der Waals surface area contributed by atoms with Crippen LogP contribution >= 0.6 is 22.6 Å². The van der Waals surface area contributed by atoms with E-state index < -0.39 is 0 Å². The topological polar surface area (TPSA) is 52.1 Å². The van der Waals surface area contributed by atoms with Crippen molar-refractivity contribution < 1.29 is 14.2 Å². The fourth-order valence-corrected chi connectivity index (χ4v) is 2.96. The van der Waals surface area contributed by atoms with Gasteiger partial charge < -0.3 is 19.6 Å². The Morgan fingerprint density at radius 3 is 2.48 bits per heavy atom. The van der Waals surface area contributed by atoms with Gasteiger partial charge in [0.2, 0.25) is 0 Å². The van der Waals surface area contributed by atoms with E-state index in [-0.39, 0.29) is 0 Å². The molecule has 2 rings (SSSR count). The maximum Gasteiger partial charge on any atom is 0.174 e. The van der Waals surface area contributed by atoms with Crippen molar-refractivity contribution in [2.45, 2.75) is 6.54 Å². The van der Waals surface area contributed by atoms with Crippen molar-refractivity contribution in [2.75, 3.05) is 21.3 Å². The van der Waals surface area contributed by atoms with Gasteiger partial charge in [-0.15, -0.1) is 0 Å². The quantitative estimate of drug-likeness (QED) is 0.419. The predicted molar refractivity (Wildman–Crippen MR) is 99.7 cm³/mol. The van der Waals surface area contributed by atoms with Crippen LogP contribution in [0.4, 0.5) is 0 Å². The van der Waals surface area contributed by atoms with Gasteiger partial charge in [-0.25, -0.2) is 0 Å². The first-order valence-corrected chi connectivity index (χ1v) is 8.06. The van der Waals surface area contributed by atoms with Crippen LogP contribution in [0.3, 0.4) is 0 Å². The Balaban J connectivity index is 2.05. The minimum absolute atomic E-state index is 0.588. The number of nitrogens with zero attached hydrogens (tertiary/aromatic N) is 1. The Bertz CT molecular complexity index is 690. The van der Waals surface area contributed by atoms with Gasteiger partial charge >= 0.3 is 0 Å². The molecule has 0 bridgehead atoms. The minimum atomic E-state index is 0.588. The van der Waals surface area contributed by atoms with Gasteiger partial charge in [0.05, 0.1) is 37.7 Å². The third-order valence-electron chi connectivity index (χ3n) is 3.22. The summed E-state index contributed by atoms with van der Waals surface area (Å²) in [6.07, 6.45) is 1.75. The van der Waals surface area contributed by atoms with Crippen molar-refractivity contribution in [3.63, 3.8) is 0 Å². The fourth-order valence-electron chi connectivity index (χ4n) is 2.11. The van der Waals surface area contributed by atoms with Gasteiger partial charge in [-0.05, 0) is 46.4 Å². The molecule has 6 heteroatoms. The van der Waals surface area contributed by atoms with Gasteiger partial charge in [-0.2, -0.15) is 5.10 Å². The normalized spacial score (nSPS) is 10.6. The molecule has 122 valence electrons. The van der Waals surface area contributed by atoms with Crippen molar-refractivity contribution in [2.24, 2.45) is 5.10 Å². The number of hydrogen-bond acceptors (Lipinski definition) is 5. The first-order valence-electron chi connectivity index (χ1n) is 6.99. The average molecular weight is 426 g/mol. The average Bonchev–Trinajstić information content (AvgIpc) is 2.58. The first kappa shape index (κ1) is 17.4. The number of methoxy groups -OCH3 is 3. The number of ether oxygens (including phenoxy) is 3. The molecule has 2 aromatic rings. The molecule has 0 unspecified atom stereocenters. The monoisotopic (exact) mass is 426 g/mol. The summed E-state index contributed by atoms with van der Waals surface area (Å²) in [4.78, 5) is 0. The summed E-state index contributed by atoms with van der Waals surface area (Å²) in [5.41, 5.74) is 5.01. The molecule has 0 saturated carbocycles. The molecule has 0 spiro atoms. The van der Waals surface area contributed by atoms with Gasteiger partial charge in [0.1, 0.15) is 5.75 Å². The molecule has 0 radical (unpaired) electrons. The number of hydrazone groups is 1. The molecule has 0 aliphatic carbocycles. The predicted octanol–water partition coefficient (Wildman–Crippen LogP) is 3.44. The lowest BCUT2D eigenvalue weighted by molar-refractivity contribution is 0.353. The van der Waals surface area contributed by atoms with Crippen molar-refractivity contribution in [1.29, 1.82) is 0 Å². The summed E-state index contributed by atoms with van der Waals surface area (Å²) in [7, 11) is 4.91. The minimum Gasteiger partial charge on any atom is -0.496 e. The van der Waals surface area contributed by atoms with E-state index in [4.69, 9.17) is 14.2 Å². The Kier molecular flexibility index (Phi) is 6.52. The largest absolute Gasteiger partial charge is 0.496 e. The van der Waals surface area contributed by atoms with Crippen LogP contribution in [0.1, 0.15) is 11.1 Å². The van der Waals surface area contributed by atoms with Gasteiger partial charge in [0.15, 0.2) is 11.5 Å². The summed E-state index contributed by atoms with van der Waals surface area (Å²) < 4.78 is 16.9. The van der Waals surface area contributed by atoms with Gasteiger partial charge in [0, 0.05) is 5.56 Å². The van der Waals surface area contributed by atoms with Crippen molar-refractivity contribution >= 4 is 28.8 Å². The Morgan fingerprint density at radius 2 is 1.78 bits per heavy atom. The van der Waals surface area contributed by atoms with Crippen LogP contribution in [0.5, 0.6) is 17.2 Å². The highest BCUT2D eigenvalue weighted by atomic mass is 127. The molecule has 2 aromatic carbocycles. The zero-order valence-electron chi connectivity index (χ0n) is 13.3. The van der Waals surface area contributed by atoms with Gasteiger partial charge in [-0.1, -0.05) is 18.2 Å². The number of nitrogens with one attached hydrogen (secondary N) is 1. The molecule has 0 atom stereocenters. The summed E-state index contributed by atoms with van der Waals surface area (Å²) in [5.74, 6) is 2.26. The molecule has 1 N–H and O–H groups in total. The molecule has 0 fully saturated rings.